The lowest BCUT2D eigenvalue weighted by Gasteiger charge is -2.07. The highest BCUT2D eigenvalue weighted by atomic mass is 32.1. The smallest absolute Gasteiger partial charge is 0.257 e. The summed E-state index contributed by atoms with van der Waals surface area (Å²) < 4.78 is 10.9. The molecule has 0 aliphatic heterocycles. The molecule has 7 nitrogen and oxygen atoms in total. The Morgan fingerprint density at radius 3 is 2.64 bits per heavy atom. The number of nitrogens with zero attached hydrogens (tertiary/aromatic N) is 3. The molecule has 0 fully saturated rings. The van der Waals surface area contributed by atoms with E-state index in [1.165, 1.54) is 24.2 Å². The summed E-state index contributed by atoms with van der Waals surface area (Å²) in [5.41, 5.74) is 2.29. The van der Waals surface area contributed by atoms with Gasteiger partial charge >= 0.3 is 0 Å². The van der Waals surface area contributed by atoms with Crippen molar-refractivity contribution < 1.29 is 14.1 Å². The fourth-order valence-corrected chi connectivity index (χ4v) is 3.44. The number of amides is 1. The van der Waals surface area contributed by atoms with Crippen molar-refractivity contribution in [2.45, 2.75) is 53.1 Å². The van der Waals surface area contributed by atoms with E-state index >= 15 is 0 Å². The van der Waals surface area contributed by atoms with Crippen molar-refractivity contribution in [2.75, 3.05) is 5.32 Å². The van der Waals surface area contributed by atoms with Crippen LogP contribution in [0, 0.1) is 13.8 Å². The average Bonchev–Trinajstić information content (AvgIpc) is 3.27. The molecular weight excluding hydrogens is 376 g/mol. The van der Waals surface area contributed by atoms with E-state index < -0.39 is 0 Å². The Morgan fingerprint density at radius 1 is 1.18 bits per heavy atom. The molecule has 2 aromatic heterocycles. The molecule has 1 N–H and O–H groups in total. The molecule has 3 aromatic rings. The Balaban J connectivity index is 1.53. The van der Waals surface area contributed by atoms with Crippen molar-refractivity contribution in [3.8, 4) is 5.75 Å². The Hall–Kier alpha value is -2.74. The third-order valence-corrected chi connectivity index (χ3v) is 5.26. The SMILES string of the molecule is CCCCCc1nnc(NC(=O)c2ccc(OCc3c(C)noc3C)cc2)s1. The molecule has 8 heteroatoms. The average molecular weight is 401 g/mol. The highest BCUT2D eigenvalue weighted by Gasteiger charge is 2.12. The molecule has 0 bridgehead atoms. The predicted molar refractivity (Wildman–Crippen MR) is 108 cm³/mol. The second kappa shape index (κ2) is 9.45. The number of unbranched alkanes of at least 4 members (excludes halogenated alkanes) is 2. The molecule has 0 aliphatic carbocycles. The molecule has 0 aliphatic rings. The van der Waals surface area contributed by atoms with E-state index in [9.17, 15) is 4.79 Å². The summed E-state index contributed by atoms with van der Waals surface area (Å²) >= 11 is 1.43. The van der Waals surface area contributed by atoms with Crippen LogP contribution in [0.5, 0.6) is 5.75 Å². The van der Waals surface area contributed by atoms with Crippen LogP contribution in [0.25, 0.3) is 0 Å². The van der Waals surface area contributed by atoms with Crippen LogP contribution in [-0.4, -0.2) is 21.3 Å². The molecule has 0 atom stereocenters. The summed E-state index contributed by atoms with van der Waals surface area (Å²) in [5.74, 6) is 1.21. The largest absolute Gasteiger partial charge is 0.489 e. The normalized spacial score (nSPS) is 10.8. The first-order chi connectivity index (χ1) is 13.6. The van der Waals surface area contributed by atoms with Crippen LogP contribution in [0.3, 0.4) is 0 Å². The standard InChI is InChI=1S/C20H24N4O3S/c1-4-5-6-7-18-22-23-20(28-18)21-19(25)15-8-10-16(11-9-15)26-12-17-13(2)24-27-14(17)3/h8-11H,4-7,12H2,1-3H3,(H,21,23,25). The van der Waals surface area contributed by atoms with Gasteiger partial charge in [-0.05, 0) is 44.5 Å². The number of carbonyl (C=O) groups excluding carboxylic acids is 1. The molecule has 0 unspecified atom stereocenters. The summed E-state index contributed by atoms with van der Waals surface area (Å²) in [5, 5.41) is 16.4. The van der Waals surface area contributed by atoms with E-state index in [1.807, 2.05) is 13.8 Å². The van der Waals surface area contributed by atoms with Gasteiger partial charge in [0.25, 0.3) is 5.91 Å². The van der Waals surface area contributed by atoms with Gasteiger partial charge in [-0.25, -0.2) is 0 Å². The van der Waals surface area contributed by atoms with Gasteiger partial charge in [-0.1, -0.05) is 36.3 Å². The minimum Gasteiger partial charge on any atom is -0.489 e. The summed E-state index contributed by atoms with van der Waals surface area (Å²) in [6.07, 6.45) is 4.33. The molecule has 3 rings (SSSR count). The maximum atomic E-state index is 12.4. The van der Waals surface area contributed by atoms with Crippen molar-refractivity contribution >= 4 is 22.4 Å². The van der Waals surface area contributed by atoms with E-state index in [2.05, 4.69) is 27.6 Å². The van der Waals surface area contributed by atoms with Gasteiger partial charge in [0.05, 0.1) is 11.3 Å². The van der Waals surface area contributed by atoms with E-state index in [4.69, 9.17) is 9.26 Å². The first kappa shape index (κ1) is 20.0. The van der Waals surface area contributed by atoms with Crippen LogP contribution in [0.2, 0.25) is 0 Å². The van der Waals surface area contributed by atoms with Crippen LogP contribution in [-0.2, 0) is 13.0 Å². The lowest BCUT2D eigenvalue weighted by atomic mass is 10.2. The van der Waals surface area contributed by atoms with Crippen LogP contribution in [0.1, 0.15) is 58.6 Å². The predicted octanol–water partition coefficient (Wildman–Crippen LogP) is 4.71. The first-order valence-corrected chi connectivity index (χ1v) is 10.2. The lowest BCUT2D eigenvalue weighted by molar-refractivity contribution is 0.102. The molecular formula is C20H24N4O3S. The summed E-state index contributed by atoms with van der Waals surface area (Å²) in [7, 11) is 0. The highest BCUT2D eigenvalue weighted by Crippen LogP contribution is 2.20. The number of carbonyl (C=O) groups is 1. The Bertz CT molecular complexity index is 898. The van der Waals surface area contributed by atoms with Gasteiger partial charge in [0.2, 0.25) is 5.13 Å². The lowest BCUT2D eigenvalue weighted by Crippen LogP contribution is -2.11. The maximum absolute atomic E-state index is 12.4. The molecule has 0 spiro atoms. The van der Waals surface area contributed by atoms with Gasteiger partial charge in [-0.15, -0.1) is 10.2 Å². The molecule has 28 heavy (non-hydrogen) atoms. The molecule has 0 saturated carbocycles. The second-order valence-electron chi connectivity index (χ2n) is 6.53. The summed E-state index contributed by atoms with van der Waals surface area (Å²) in [6.45, 7) is 6.28. The van der Waals surface area contributed by atoms with Crippen LogP contribution < -0.4 is 10.1 Å². The number of rotatable bonds is 9. The topological polar surface area (TPSA) is 90.1 Å². The number of anilines is 1. The van der Waals surface area contributed by atoms with Crippen LogP contribution in [0.15, 0.2) is 28.8 Å². The number of benzene rings is 1. The van der Waals surface area contributed by atoms with E-state index in [-0.39, 0.29) is 5.91 Å². The summed E-state index contributed by atoms with van der Waals surface area (Å²) in [6, 6.07) is 6.98. The van der Waals surface area contributed by atoms with Gasteiger partial charge < -0.3 is 9.26 Å². The number of hydrogen-bond donors (Lipinski definition) is 1. The second-order valence-corrected chi connectivity index (χ2v) is 7.59. The van der Waals surface area contributed by atoms with Crippen LogP contribution in [0.4, 0.5) is 5.13 Å². The Morgan fingerprint density at radius 2 is 1.96 bits per heavy atom. The van der Waals surface area contributed by atoms with Gasteiger partial charge in [0.1, 0.15) is 23.1 Å². The zero-order valence-corrected chi connectivity index (χ0v) is 17.1. The van der Waals surface area contributed by atoms with Gasteiger partial charge in [-0.2, -0.15) is 0 Å². The molecule has 0 radical (unpaired) electrons. The quantitative estimate of drug-likeness (QED) is 0.523. The van der Waals surface area contributed by atoms with Crippen molar-refractivity contribution in [1.82, 2.24) is 15.4 Å². The zero-order chi connectivity index (χ0) is 19.9. The third kappa shape index (κ3) is 5.16. The van der Waals surface area contributed by atoms with E-state index in [0.29, 0.717) is 23.1 Å². The summed E-state index contributed by atoms with van der Waals surface area (Å²) in [4.78, 5) is 12.4. The van der Waals surface area contributed by atoms with Crippen molar-refractivity contribution in [3.63, 3.8) is 0 Å². The number of hydrogen-bond acceptors (Lipinski definition) is 7. The van der Waals surface area contributed by atoms with Gasteiger partial charge in [-0.3, -0.25) is 10.1 Å². The van der Waals surface area contributed by atoms with Crippen molar-refractivity contribution in [3.05, 3.63) is 51.9 Å². The fourth-order valence-electron chi connectivity index (χ4n) is 2.67. The van der Waals surface area contributed by atoms with Gasteiger partial charge in [0.15, 0.2) is 0 Å². The number of nitrogens with one attached hydrogen (secondary N) is 1. The van der Waals surface area contributed by atoms with E-state index in [0.717, 1.165) is 34.9 Å². The monoisotopic (exact) mass is 400 g/mol. The number of ether oxygens (including phenoxy) is 1. The van der Waals surface area contributed by atoms with E-state index in [1.54, 1.807) is 24.3 Å². The first-order valence-electron chi connectivity index (χ1n) is 9.35. The van der Waals surface area contributed by atoms with Gasteiger partial charge in [0, 0.05) is 12.0 Å². The fraction of sp³-hybridized carbons (Fsp3) is 0.400. The van der Waals surface area contributed by atoms with Crippen molar-refractivity contribution in [1.29, 1.82) is 0 Å². The van der Waals surface area contributed by atoms with Crippen LogP contribution >= 0.6 is 11.3 Å². The number of aromatic nitrogens is 3. The molecule has 2 heterocycles. The maximum Gasteiger partial charge on any atom is 0.257 e. The Labute approximate surface area is 168 Å². The zero-order valence-electron chi connectivity index (χ0n) is 16.3. The highest BCUT2D eigenvalue weighted by molar-refractivity contribution is 7.15. The number of aryl methyl sites for hydroxylation is 3. The molecule has 148 valence electrons. The molecule has 0 saturated heterocycles. The molecule has 1 aromatic carbocycles. The minimum atomic E-state index is -0.214. The Kier molecular flexibility index (Phi) is 6.76. The third-order valence-electron chi connectivity index (χ3n) is 4.36. The van der Waals surface area contributed by atoms with Crippen molar-refractivity contribution in [2.24, 2.45) is 0 Å². The minimum absolute atomic E-state index is 0.214. The molecule has 1 amide bonds.